The van der Waals surface area contributed by atoms with E-state index < -0.39 is 0 Å². The van der Waals surface area contributed by atoms with Gasteiger partial charge in [-0.15, -0.1) is 11.3 Å². The number of thiazole rings is 1. The lowest BCUT2D eigenvalue weighted by Gasteiger charge is -2.17. The summed E-state index contributed by atoms with van der Waals surface area (Å²) in [4.78, 5) is 30.8. The molecule has 1 fully saturated rings. The van der Waals surface area contributed by atoms with E-state index in [0.29, 0.717) is 19.4 Å². The zero-order valence-electron chi connectivity index (χ0n) is 12.2. The van der Waals surface area contributed by atoms with Crippen molar-refractivity contribution in [3.8, 4) is 0 Å². The van der Waals surface area contributed by atoms with Crippen LogP contribution in [0.1, 0.15) is 47.8 Å². The molecule has 5 nitrogen and oxygen atoms in total. The molecular formula is C14H21N3O2S. The van der Waals surface area contributed by atoms with Gasteiger partial charge in [-0.3, -0.25) is 9.59 Å². The minimum absolute atomic E-state index is 0.0257. The number of carbonyl (C=O) groups excluding carboxylic acids is 2. The Bertz CT molecular complexity index is 513. The third kappa shape index (κ3) is 3.56. The summed E-state index contributed by atoms with van der Waals surface area (Å²) in [5.74, 6) is 0.138. The molecule has 1 aromatic heterocycles. The van der Waals surface area contributed by atoms with Gasteiger partial charge in [0.15, 0.2) is 0 Å². The lowest BCUT2D eigenvalue weighted by atomic mass is 10.2. The molecule has 1 N–H and O–H groups in total. The third-order valence-electron chi connectivity index (χ3n) is 3.51. The van der Waals surface area contributed by atoms with E-state index in [-0.39, 0.29) is 17.9 Å². The van der Waals surface area contributed by atoms with Gasteiger partial charge >= 0.3 is 0 Å². The molecule has 0 spiro atoms. The highest BCUT2D eigenvalue weighted by molar-refractivity contribution is 7.11. The van der Waals surface area contributed by atoms with Crippen molar-refractivity contribution in [3.63, 3.8) is 0 Å². The maximum Gasteiger partial charge on any atom is 0.222 e. The van der Waals surface area contributed by atoms with Gasteiger partial charge in [-0.2, -0.15) is 0 Å². The third-order valence-corrected chi connectivity index (χ3v) is 4.41. The Morgan fingerprint density at radius 2 is 2.25 bits per heavy atom. The Labute approximate surface area is 123 Å². The van der Waals surface area contributed by atoms with Crippen molar-refractivity contribution in [2.24, 2.45) is 0 Å². The van der Waals surface area contributed by atoms with Gasteiger partial charge in [0.25, 0.3) is 0 Å². The molecule has 0 bridgehead atoms. The highest BCUT2D eigenvalue weighted by Gasteiger charge is 2.21. The first-order valence-corrected chi connectivity index (χ1v) is 7.80. The number of rotatable bonds is 5. The van der Waals surface area contributed by atoms with Gasteiger partial charge in [-0.25, -0.2) is 4.98 Å². The van der Waals surface area contributed by atoms with E-state index in [1.807, 2.05) is 20.8 Å². The predicted octanol–water partition coefficient (Wildman–Crippen LogP) is 1.95. The Hall–Kier alpha value is -1.43. The second kappa shape index (κ2) is 6.35. The number of aryl methyl sites for hydroxylation is 2. The number of amides is 2. The summed E-state index contributed by atoms with van der Waals surface area (Å²) in [5, 5.41) is 3.97. The molecule has 2 rings (SSSR count). The molecule has 2 heterocycles. The number of aromatic nitrogens is 1. The Balaban J connectivity index is 1.82. The monoisotopic (exact) mass is 295 g/mol. The zero-order valence-corrected chi connectivity index (χ0v) is 13.0. The topological polar surface area (TPSA) is 62.3 Å². The minimum atomic E-state index is -0.0817. The lowest BCUT2D eigenvalue weighted by molar-refractivity contribution is -0.128. The SMILES string of the molecule is Cc1nc([C@@H](C)NC(=O)CCN2CCCC2=O)c(C)s1. The van der Waals surface area contributed by atoms with Gasteiger partial charge in [0, 0.05) is 30.8 Å². The van der Waals surface area contributed by atoms with E-state index in [1.165, 1.54) is 0 Å². The van der Waals surface area contributed by atoms with Crippen LogP contribution in [0.3, 0.4) is 0 Å². The highest BCUT2D eigenvalue weighted by Crippen LogP contribution is 2.22. The van der Waals surface area contributed by atoms with Crippen LogP contribution in [-0.4, -0.2) is 34.8 Å². The average Bonchev–Trinajstić information content (AvgIpc) is 2.92. The zero-order chi connectivity index (χ0) is 14.7. The van der Waals surface area contributed by atoms with Gasteiger partial charge in [0.05, 0.1) is 16.7 Å². The molecule has 110 valence electrons. The molecule has 0 saturated carbocycles. The molecule has 1 aliphatic heterocycles. The van der Waals surface area contributed by atoms with E-state index in [0.717, 1.165) is 28.5 Å². The first-order chi connectivity index (χ1) is 9.47. The minimum Gasteiger partial charge on any atom is -0.348 e. The van der Waals surface area contributed by atoms with E-state index in [2.05, 4.69) is 10.3 Å². The van der Waals surface area contributed by atoms with Crippen LogP contribution in [0.25, 0.3) is 0 Å². The number of likely N-dealkylation sites (tertiary alicyclic amines) is 1. The van der Waals surface area contributed by atoms with Crippen LogP contribution in [0.15, 0.2) is 0 Å². The molecule has 20 heavy (non-hydrogen) atoms. The first-order valence-electron chi connectivity index (χ1n) is 6.98. The average molecular weight is 295 g/mol. The van der Waals surface area contributed by atoms with Crippen molar-refractivity contribution >= 4 is 23.2 Å². The second-order valence-electron chi connectivity index (χ2n) is 5.20. The van der Waals surface area contributed by atoms with E-state index in [1.54, 1.807) is 16.2 Å². The fraction of sp³-hybridized carbons (Fsp3) is 0.643. The fourth-order valence-electron chi connectivity index (χ4n) is 2.51. The summed E-state index contributed by atoms with van der Waals surface area (Å²) in [7, 11) is 0. The Kier molecular flexibility index (Phi) is 4.75. The molecule has 0 radical (unpaired) electrons. The Morgan fingerprint density at radius 1 is 1.50 bits per heavy atom. The van der Waals surface area contributed by atoms with Crippen LogP contribution in [0, 0.1) is 13.8 Å². The van der Waals surface area contributed by atoms with Crippen LogP contribution in [0.5, 0.6) is 0 Å². The molecule has 2 amide bonds. The van der Waals surface area contributed by atoms with Crippen LogP contribution < -0.4 is 5.32 Å². The summed E-state index contributed by atoms with van der Waals surface area (Å²) in [6.07, 6.45) is 1.89. The maximum atomic E-state index is 11.9. The first kappa shape index (κ1) is 15.0. The van der Waals surface area contributed by atoms with Crippen molar-refractivity contribution in [3.05, 3.63) is 15.6 Å². The molecular weight excluding hydrogens is 274 g/mol. The van der Waals surface area contributed by atoms with Crippen molar-refractivity contribution < 1.29 is 9.59 Å². The van der Waals surface area contributed by atoms with Gasteiger partial charge in [-0.1, -0.05) is 0 Å². The quantitative estimate of drug-likeness (QED) is 0.903. The summed E-state index contributed by atoms with van der Waals surface area (Å²) < 4.78 is 0. The standard InChI is InChI=1S/C14H21N3O2S/c1-9(14-10(2)20-11(3)16-14)15-12(18)6-8-17-7-4-5-13(17)19/h9H,4-8H2,1-3H3,(H,15,18)/t9-/m1/s1. The van der Waals surface area contributed by atoms with Crippen LogP contribution in [-0.2, 0) is 9.59 Å². The normalized spacial score (nSPS) is 16.6. The van der Waals surface area contributed by atoms with Crippen molar-refractivity contribution in [1.82, 2.24) is 15.2 Å². The van der Waals surface area contributed by atoms with Crippen LogP contribution in [0.2, 0.25) is 0 Å². The van der Waals surface area contributed by atoms with Gasteiger partial charge < -0.3 is 10.2 Å². The van der Waals surface area contributed by atoms with Gasteiger partial charge in [-0.05, 0) is 27.2 Å². The number of nitrogens with zero attached hydrogens (tertiary/aromatic N) is 2. The summed E-state index contributed by atoms with van der Waals surface area (Å²) in [6, 6.07) is -0.0817. The summed E-state index contributed by atoms with van der Waals surface area (Å²) >= 11 is 1.64. The molecule has 0 aromatic carbocycles. The molecule has 6 heteroatoms. The summed E-state index contributed by atoms with van der Waals surface area (Å²) in [6.45, 7) is 7.24. The van der Waals surface area contributed by atoms with E-state index in [9.17, 15) is 9.59 Å². The number of hydrogen-bond donors (Lipinski definition) is 1. The highest BCUT2D eigenvalue weighted by atomic mass is 32.1. The predicted molar refractivity (Wildman–Crippen MR) is 78.6 cm³/mol. The largest absolute Gasteiger partial charge is 0.348 e. The van der Waals surface area contributed by atoms with Gasteiger partial charge in [0.2, 0.25) is 11.8 Å². The number of carbonyl (C=O) groups is 2. The molecule has 0 aliphatic carbocycles. The van der Waals surface area contributed by atoms with Crippen LogP contribution in [0.4, 0.5) is 0 Å². The molecule has 1 saturated heterocycles. The van der Waals surface area contributed by atoms with Crippen molar-refractivity contribution in [2.75, 3.05) is 13.1 Å². The summed E-state index contributed by atoms with van der Waals surface area (Å²) in [5.41, 5.74) is 0.943. The molecule has 1 atom stereocenters. The Morgan fingerprint density at radius 3 is 2.80 bits per heavy atom. The molecule has 1 aliphatic rings. The number of nitrogens with one attached hydrogen (secondary N) is 1. The second-order valence-corrected chi connectivity index (χ2v) is 6.61. The molecule has 1 aromatic rings. The smallest absolute Gasteiger partial charge is 0.222 e. The maximum absolute atomic E-state index is 11.9. The van der Waals surface area contributed by atoms with Crippen molar-refractivity contribution in [1.29, 1.82) is 0 Å². The van der Waals surface area contributed by atoms with E-state index >= 15 is 0 Å². The lowest BCUT2D eigenvalue weighted by Crippen LogP contribution is -2.33. The van der Waals surface area contributed by atoms with Crippen LogP contribution >= 0.6 is 11.3 Å². The number of hydrogen-bond acceptors (Lipinski definition) is 4. The van der Waals surface area contributed by atoms with E-state index in [4.69, 9.17) is 0 Å². The van der Waals surface area contributed by atoms with Crippen molar-refractivity contribution in [2.45, 2.75) is 46.1 Å². The molecule has 0 unspecified atom stereocenters. The van der Waals surface area contributed by atoms with Gasteiger partial charge in [0.1, 0.15) is 0 Å². The fourth-order valence-corrected chi connectivity index (χ4v) is 3.42.